The third kappa shape index (κ3) is 8.00. The summed E-state index contributed by atoms with van der Waals surface area (Å²) in [5, 5.41) is 27.5. The van der Waals surface area contributed by atoms with E-state index < -0.39 is 0 Å². The highest BCUT2D eigenvalue weighted by atomic mass is 35.5. The lowest BCUT2D eigenvalue weighted by Crippen LogP contribution is -2.43. The van der Waals surface area contributed by atoms with Gasteiger partial charge in [-0.25, -0.2) is 4.98 Å². The van der Waals surface area contributed by atoms with Gasteiger partial charge in [0.2, 0.25) is 0 Å². The minimum absolute atomic E-state index is 0. The summed E-state index contributed by atoms with van der Waals surface area (Å²) in [6.45, 7) is 2.82. The molecule has 0 radical (unpaired) electrons. The fourth-order valence-corrected chi connectivity index (χ4v) is 1.73. The van der Waals surface area contributed by atoms with E-state index >= 15 is 0 Å². The summed E-state index contributed by atoms with van der Waals surface area (Å²) in [6, 6.07) is 9.79. The largest absolute Gasteiger partial charge is 0.370 e. The Morgan fingerprint density at radius 1 is 1.38 bits per heavy atom. The number of nitrogens with two attached hydrogens (primary N) is 1. The van der Waals surface area contributed by atoms with Crippen LogP contribution >= 0.6 is 12.4 Å². The topological polar surface area (TPSA) is 150 Å². The monoisotopic (exact) mass is 350 g/mol. The normalized spacial score (nSPS) is 9.00. The van der Waals surface area contributed by atoms with E-state index in [0.29, 0.717) is 6.42 Å². The molecule has 0 aliphatic carbocycles. The molecule has 8 nitrogen and oxygen atoms in total. The molecule has 2 rings (SSSR count). The zero-order valence-corrected chi connectivity index (χ0v) is 14.3. The van der Waals surface area contributed by atoms with Gasteiger partial charge in [-0.15, -0.1) is 12.4 Å². The zero-order chi connectivity index (χ0) is 17.1. The summed E-state index contributed by atoms with van der Waals surface area (Å²) in [6.07, 6.45) is 2.44. The molecule has 0 bridgehead atoms. The molecular weight excluding hydrogens is 328 g/mol. The van der Waals surface area contributed by atoms with Gasteiger partial charge >= 0.3 is 0 Å². The van der Waals surface area contributed by atoms with Gasteiger partial charge in [0.1, 0.15) is 5.82 Å². The molecule has 1 heterocycles. The van der Waals surface area contributed by atoms with Crippen LogP contribution in [0.1, 0.15) is 25.6 Å². The maximum absolute atomic E-state index is 8.43. The molecule has 0 saturated carbocycles. The maximum Gasteiger partial charge on any atom is 0.195 e. The number of rotatable bonds is 4. The molecule has 0 unspecified atom stereocenters. The van der Waals surface area contributed by atoms with E-state index in [9.17, 15) is 0 Å². The summed E-state index contributed by atoms with van der Waals surface area (Å²) in [5.74, 6) is 0.614. The van der Waals surface area contributed by atoms with Gasteiger partial charge in [-0.2, -0.15) is 5.26 Å². The number of nitrogens with one attached hydrogen (secondary N) is 5. The summed E-state index contributed by atoms with van der Waals surface area (Å²) < 4.78 is 0. The average molecular weight is 351 g/mol. The molecule has 0 saturated heterocycles. The average Bonchev–Trinajstić information content (AvgIpc) is 2.90. The Morgan fingerprint density at radius 2 is 2.08 bits per heavy atom. The van der Waals surface area contributed by atoms with Crippen molar-refractivity contribution in [2.75, 3.05) is 6.54 Å². The SMILES string of the molecule is CCCCNC(=N)NC(=N)N.Cl.N#CCc1nc2ccccc2[nH]1. The first-order chi connectivity index (χ1) is 11.1. The summed E-state index contributed by atoms with van der Waals surface area (Å²) in [5.41, 5.74) is 6.90. The number of aromatic amines is 1. The van der Waals surface area contributed by atoms with Crippen molar-refractivity contribution in [1.29, 1.82) is 16.1 Å². The number of fused-ring (bicyclic) bond motifs is 1. The quantitative estimate of drug-likeness (QED) is 0.282. The second-order valence-corrected chi connectivity index (χ2v) is 4.73. The van der Waals surface area contributed by atoms with Crippen LogP contribution in [0.15, 0.2) is 24.3 Å². The Bertz CT molecular complexity index is 655. The summed E-state index contributed by atoms with van der Waals surface area (Å²) >= 11 is 0. The van der Waals surface area contributed by atoms with Crippen LogP contribution in [-0.2, 0) is 6.42 Å². The number of H-pyrrole nitrogens is 1. The first-order valence-corrected chi connectivity index (χ1v) is 7.30. The summed E-state index contributed by atoms with van der Waals surface area (Å²) in [7, 11) is 0. The van der Waals surface area contributed by atoms with Crippen LogP contribution in [0.5, 0.6) is 0 Å². The highest BCUT2D eigenvalue weighted by molar-refractivity contribution is 5.94. The number of benzene rings is 1. The molecule has 0 atom stereocenters. The molecule has 1 aromatic carbocycles. The molecule has 24 heavy (non-hydrogen) atoms. The van der Waals surface area contributed by atoms with Gasteiger partial charge in [0.25, 0.3) is 0 Å². The second-order valence-electron chi connectivity index (χ2n) is 4.73. The lowest BCUT2D eigenvalue weighted by atomic mass is 10.3. The fourth-order valence-electron chi connectivity index (χ4n) is 1.73. The van der Waals surface area contributed by atoms with E-state index in [1.165, 1.54) is 0 Å². The number of aromatic nitrogens is 2. The molecule has 130 valence electrons. The number of guanidine groups is 2. The van der Waals surface area contributed by atoms with Crippen molar-refractivity contribution in [3.63, 3.8) is 0 Å². The minimum atomic E-state index is -0.209. The third-order valence-electron chi connectivity index (χ3n) is 2.78. The molecule has 7 N–H and O–H groups in total. The predicted molar refractivity (Wildman–Crippen MR) is 98.3 cm³/mol. The Hall–Kier alpha value is -2.79. The predicted octanol–water partition coefficient (Wildman–Crippen LogP) is 1.84. The van der Waals surface area contributed by atoms with Crippen molar-refractivity contribution in [1.82, 2.24) is 20.6 Å². The van der Waals surface area contributed by atoms with Crippen LogP contribution in [0.4, 0.5) is 0 Å². The van der Waals surface area contributed by atoms with Gasteiger partial charge in [-0.3, -0.25) is 16.1 Å². The fraction of sp³-hybridized carbons (Fsp3) is 0.333. The Morgan fingerprint density at radius 3 is 2.67 bits per heavy atom. The molecule has 2 aromatic rings. The Kier molecular flexibility index (Phi) is 10.4. The first-order valence-electron chi connectivity index (χ1n) is 7.30. The molecule has 0 aliphatic heterocycles. The van der Waals surface area contributed by atoms with Crippen molar-refractivity contribution >= 4 is 35.4 Å². The third-order valence-corrected chi connectivity index (χ3v) is 2.78. The number of unbranched alkanes of at least 4 members (excludes halogenated alkanes) is 1. The van der Waals surface area contributed by atoms with Crippen LogP contribution in [0, 0.1) is 22.1 Å². The van der Waals surface area contributed by atoms with Crippen LogP contribution in [0.2, 0.25) is 0 Å². The van der Waals surface area contributed by atoms with E-state index in [4.69, 9.17) is 21.8 Å². The van der Waals surface area contributed by atoms with Gasteiger partial charge in [-0.05, 0) is 18.6 Å². The molecule has 0 aliphatic rings. The van der Waals surface area contributed by atoms with E-state index in [2.05, 4.69) is 33.6 Å². The van der Waals surface area contributed by atoms with Gasteiger partial charge in [0.05, 0.1) is 23.5 Å². The smallest absolute Gasteiger partial charge is 0.195 e. The summed E-state index contributed by atoms with van der Waals surface area (Å²) in [4.78, 5) is 7.29. The maximum atomic E-state index is 8.43. The van der Waals surface area contributed by atoms with Crippen molar-refractivity contribution in [3.05, 3.63) is 30.1 Å². The highest BCUT2D eigenvalue weighted by Crippen LogP contribution is 2.09. The lowest BCUT2D eigenvalue weighted by Gasteiger charge is -2.06. The highest BCUT2D eigenvalue weighted by Gasteiger charge is 1.99. The number of nitrogens with zero attached hydrogens (tertiary/aromatic N) is 2. The molecule has 0 amide bonds. The van der Waals surface area contributed by atoms with Gasteiger partial charge < -0.3 is 16.0 Å². The van der Waals surface area contributed by atoms with Gasteiger partial charge in [0.15, 0.2) is 11.9 Å². The number of nitriles is 1. The molecule has 9 heteroatoms. The van der Waals surface area contributed by atoms with E-state index in [-0.39, 0.29) is 24.3 Å². The Labute approximate surface area is 147 Å². The van der Waals surface area contributed by atoms with E-state index in [1.807, 2.05) is 24.3 Å². The second kappa shape index (κ2) is 11.7. The molecule has 1 aromatic heterocycles. The number of hydrogen-bond acceptors (Lipinski definition) is 4. The van der Waals surface area contributed by atoms with Gasteiger partial charge in [0, 0.05) is 6.54 Å². The van der Waals surface area contributed by atoms with Crippen LogP contribution in [0.3, 0.4) is 0 Å². The van der Waals surface area contributed by atoms with Crippen LogP contribution in [0.25, 0.3) is 11.0 Å². The van der Waals surface area contributed by atoms with Crippen molar-refractivity contribution in [3.8, 4) is 6.07 Å². The van der Waals surface area contributed by atoms with E-state index in [0.717, 1.165) is 36.2 Å². The number of para-hydroxylation sites is 2. The van der Waals surface area contributed by atoms with E-state index in [1.54, 1.807) is 0 Å². The molecule has 0 spiro atoms. The first kappa shape index (κ1) is 21.2. The van der Waals surface area contributed by atoms with Gasteiger partial charge in [-0.1, -0.05) is 25.5 Å². The number of hydrogen-bond donors (Lipinski definition) is 6. The van der Waals surface area contributed by atoms with Crippen molar-refractivity contribution in [2.24, 2.45) is 5.73 Å². The van der Waals surface area contributed by atoms with Crippen molar-refractivity contribution < 1.29 is 0 Å². The Balaban J connectivity index is 0.000000426. The van der Waals surface area contributed by atoms with Crippen LogP contribution < -0.4 is 16.4 Å². The minimum Gasteiger partial charge on any atom is -0.370 e. The molecular formula is C15H23ClN8. The van der Waals surface area contributed by atoms with Crippen LogP contribution in [-0.4, -0.2) is 28.4 Å². The lowest BCUT2D eigenvalue weighted by molar-refractivity contribution is 0.744. The molecule has 0 fully saturated rings. The zero-order valence-electron chi connectivity index (χ0n) is 13.5. The van der Waals surface area contributed by atoms with Crippen molar-refractivity contribution in [2.45, 2.75) is 26.2 Å². The number of halogens is 1. The standard InChI is InChI=1S/C9H7N3.C6H15N5.ClH/c10-6-5-9-11-7-3-1-2-4-8(7)12-9;1-2-3-4-10-6(9)11-5(7)8;/h1-4H,5H2,(H,11,12);2-4H2,1H3,(H6,7,8,9,10,11);1H. The number of imidazole rings is 1.